The number of rotatable bonds is 5. The number of aromatic amines is 1. The van der Waals surface area contributed by atoms with Gasteiger partial charge >= 0.3 is 0 Å². The van der Waals surface area contributed by atoms with Crippen LogP contribution in [0.25, 0.3) is 0 Å². The Labute approximate surface area is 126 Å². The first kappa shape index (κ1) is 16.4. The first-order valence-electron chi connectivity index (χ1n) is 7.28. The number of nitrogens with one attached hydrogen (secondary N) is 2. The van der Waals surface area contributed by atoms with E-state index in [2.05, 4.69) is 20.4 Å². The Kier molecular flexibility index (Phi) is 5.03. The molecule has 21 heavy (non-hydrogen) atoms. The maximum Gasteiger partial charge on any atom is 0.260 e. The Bertz CT molecular complexity index is 569. The van der Waals surface area contributed by atoms with Crippen molar-refractivity contribution in [3.05, 3.63) is 11.8 Å². The van der Waals surface area contributed by atoms with Crippen LogP contribution in [0, 0.1) is 0 Å². The lowest BCUT2D eigenvalue weighted by molar-refractivity contribution is 0.159. The zero-order valence-electron chi connectivity index (χ0n) is 13.1. The van der Waals surface area contributed by atoms with Crippen molar-refractivity contribution in [2.24, 2.45) is 0 Å². The maximum absolute atomic E-state index is 12.8. The third-order valence-corrected chi connectivity index (χ3v) is 5.78. The van der Waals surface area contributed by atoms with Gasteiger partial charge in [0.15, 0.2) is 5.03 Å². The highest BCUT2D eigenvalue weighted by Crippen LogP contribution is 2.20. The summed E-state index contributed by atoms with van der Waals surface area (Å²) in [6, 6.07) is 0.507. The molecule has 120 valence electrons. The van der Waals surface area contributed by atoms with Crippen LogP contribution in [0.1, 0.15) is 26.3 Å². The SMILES string of the molecule is CC(C)NCc1cn[nH]c1S(=O)(=O)N1CCN(C)C(C)C1. The van der Waals surface area contributed by atoms with E-state index in [4.69, 9.17) is 0 Å². The second kappa shape index (κ2) is 6.43. The lowest BCUT2D eigenvalue weighted by Gasteiger charge is -2.36. The zero-order chi connectivity index (χ0) is 15.6. The van der Waals surface area contributed by atoms with Crippen molar-refractivity contribution in [2.75, 3.05) is 26.7 Å². The van der Waals surface area contributed by atoms with Crippen molar-refractivity contribution in [3.8, 4) is 0 Å². The number of sulfonamides is 1. The Hall–Kier alpha value is -0.960. The number of piperazine rings is 1. The molecule has 1 atom stereocenters. The number of hydrogen-bond donors (Lipinski definition) is 2. The fraction of sp³-hybridized carbons (Fsp3) is 0.769. The summed E-state index contributed by atoms with van der Waals surface area (Å²) >= 11 is 0. The Balaban J connectivity index is 2.18. The molecular weight excluding hydrogens is 290 g/mol. The van der Waals surface area contributed by atoms with Crippen LogP contribution in [0.2, 0.25) is 0 Å². The molecule has 2 rings (SSSR count). The van der Waals surface area contributed by atoms with Gasteiger partial charge in [0, 0.05) is 43.8 Å². The monoisotopic (exact) mass is 315 g/mol. The highest BCUT2D eigenvalue weighted by atomic mass is 32.2. The van der Waals surface area contributed by atoms with Gasteiger partial charge in [-0.15, -0.1) is 0 Å². The fourth-order valence-corrected chi connectivity index (χ4v) is 3.94. The Morgan fingerprint density at radius 2 is 2.19 bits per heavy atom. The summed E-state index contributed by atoms with van der Waals surface area (Å²) in [5.74, 6) is 0. The predicted molar refractivity (Wildman–Crippen MR) is 81.4 cm³/mol. The van der Waals surface area contributed by atoms with Gasteiger partial charge in [0.2, 0.25) is 0 Å². The minimum Gasteiger partial charge on any atom is -0.310 e. The minimum atomic E-state index is -3.50. The van der Waals surface area contributed by atoms with Crippen LogP contribution in [-0.4, -0.2) is 66.6 Å². The molecule has 0 bridgehead atoms. The summed E-state index contributed by atoms with van der Waals surface area (Å²) in [6.45, 7) is 8.34. The third kappa shape index (κ3) is 3.63. The Morgan fingerprint density at radius 3 is 2.81 bits per heavy atom. The molecule has 8 heteroatoms. The average molecular weight is 315 g/mol. The van der Waals surface area contributed by atoms with Crippen LogP contribution in [0.15, 0.2) is 11.2 Å². The van der Waals surface area contributed by atoms with Crippen LogP contribution < -0.4 is 5.32 Å². The number of nitrogens with zero attached hydrogens (tertiary/aromatic N) is 3. The second-order valence-corrected chi connectivity index (χ2v) is 7.83. The molecular formula is C13H25N5O2S. The van der Waals surface area contributed by atoms with Crippen molar-refractivity contribution < 1.29 is 8.42 Å². The van der Waals surface area contributed by atoms with E-state index in [0.717, 1.165) is 6.54 Å². The minimum absolute atomic E-state index is 0.215. The first-order valence-corrected chi connectivity index (χ1v) is 8.72. The molecule has 2 N–H and O–H groups in total. The Morgan fingerprint density at radius 1 is 1.48 bits per heavy atom. The van der Waals surface area contributed by atoms with E-state index in [1.54, 1.807) is 10.5 Å². The van der Waals surface area contributed by atoms with Crippen LogP contribution in [0.3, 0.4) is 0 Å². The van der Waals surface area contributed by atoms with E-state index in [-0.39, 0.29) is 11.1 Å². The van der Waals surface area contributed by atoms with E-state index in [1.165, 1.54) is 0 Å². The van der Waals surface area contributed by atoms with Crippen LogP contribution in [-0.2, 0) is 16.6 Å². The van der Waals surface area contributed by atoms with E-state index in [9.17, 15) is 8.42 Å². The molecule has 1 aromatic rings. The van der Waals surface area contributed by atoms with Gasteiger partial charge in [0.1, 0.15) is 0 Å². The number of H-pyrrole nitrogens is 1. The van der Waals surface area contributed by atoms with Gasteiger partial charge in [0.05, 0.1) is 6.20 Å². The van der Waals surface area contributed by atoms with Crippen LogP contribution in [0.5, 0.6) is 0 Å². The second-order valence-electron chi connectivity index (χ2n) is 5.95. The van der Waals surface area contributed by atoms with E-state index < -0.39 is 10.0 Å². The van der Waals surface area contributed by atoms with Gasteiger partial charge in [-0.25, -0.2) is 8.42 Å². The third-order valence-electron chi connectivity index (χ3n) is 3.90. The smallest absolute Gasteiger partial charge is 0.260 e. The highest BCUT2D eigenvalue weighted by molar-refractivity contribution is 7.89. The summed E-state index contributed by atoms with van der Waals surface area (Å²) in [6.07, 6.45) is 1.59. The van der Waals surface area contributed by atoms with Gasteiger partial charge in [-0.2, -0.15) is 9.40 Å². The highest BCUT2D eigenvalue weighted by Gasteiger charge is 2.33. The standard InChI is InChI=1S/C13H25N5O2S/c1-10(2)14-7-12-8-15-16-13(12)21(19,20)18-6-5-17(4)11(3)9-18/h8,10-11,14H,5-7,9H2,1-4H3,(H,15,16). The topological polar surface area (TPSA) is 81.3 Å². The summed E-state index contributed by atoms with van der Waals surface area (Å²) in [4.78, 5) is 2.17. The maximum atomic E-state index is 12.8. The molecule has 7 nitrogen and oxygen atoms in total. The molecule has 1 fully saturated rings. The molecule has 0 amide bonds. The molecule has 1 saturated heterocycles. The number of likely N-dealkylation sites (N-methyl/N-ethyl adjacent to an activating group) is 1. The average Bonchev–Trinajstić information content (AvgIpc) is 2.88. The lowest BCUT2D eigenvalue weighted by atomic mass is 10.2. The van der Waals surface area contributed by atoms with Crippen molar-refractivity contribution in [2.45, 2.75) is 44.4 Å². The van der Waals surface area contributed by atoms with Crippen molar-refractivity contribution in [1.82, 2.24) is 24.7 Å². The van der Waals surface area contributed by atoms with E-state index in [0.29, 0.717) is 31.2 Å². The normalized spacial score (nSPS) is 22.0. The first-order chi connectivity index (χ1) is 9.82. The van der Waals surface area contributed by atoms with Crippen LogP contribution in [0.4, 0.5) is 0 Å². The molecule has 1 aliphatic heterocycles. The largest absolute Gasteiger partial charge is 0.310 e. The summed E-state index contributed by atoms with van der Waals surface area (Å²) < 4.78 is 27.1. The van der Waals surface area contributed by atoms with Crippen LogP contribution >= 0.6 is 0 Å². The summed E-state index contributed by atoms with van der Waals surface area (Å²) in [5.41, 5.74) is 0.690. The van der Waals surface area contributed by atoms with Gasteiger partial charge < -0.3 is 10.2 Å². The van der Waals surface area contributed by atoms with Crippen molar-refractivity contribution in [3.63, 3.8) is 0 Å². The van der Waals surface area contributed by atoms with E-state index >= 15 is 0 Å². The summed E-state index contributed by atoms with van der Waals surface area (Å²) in [5, 5.41) is 10.0. The van der Waals surface area contributed by atoms with Gasteiger partial charge in [-0.05, 0) is 14.0 Å². The van der Waals surface area contributed by atoms with Gasteiger partial charge in [-0.3, -0.25) is 5.10 Å². The van der Waals surface area contributed by atoms with Gasteiger partial charge in [-0.1, -0.05) is 13.8 Å². The zero-order valence-corrected chi connectivity index (χ0v) is 13.9. The molecule has 0 aliphatic carbocycles. The van der Waals surface area contributed by atoms with Crippen molar-refractivity contribution in [1.29, 1.82) is 0 Å². The quantitative estimate of drug-likeness (QED) is 0.813. The lowest BCUT2D eigenvalue weighted by Crippen LogP contribution is -2.52. The fourth-order valence-electron chi connectivity index (χ4n) is 2.33. The number of hydrogen-bond acceptors (Lipinski definition) is 5. The molecule has 1 aromatic heterocycles. The molecule has 0 radical (unpaired) electrons. The van der Waals surface area contributed by atoms with Crippen molar-refractivity contribution >= 4 is 10.0 Å². The molecule has 1 unspecified atom stereocenters. The molecule has 2 heterocycles. The number of aromatic nitrogens is 2. The van der Waals surface area contributed by atoms with Gasteiger partial charge in [0.25, 0.3) is 10.0 Å². The molecule has 0 saturated carbocycles. The molecule has 0 aromatic carbocycles. The molecule has 0 spiro atoms. The predicted octanol–water partition coefficient (Wildman–Crippen LogP) is 0.232. The molecule has 1 aliphatic rings. The summed E-state index contributed by atoms with van der Waals surface area (Å²) in [7, 11) is -1.49. The van der Waals surface area contributed by atoms with E-state index in [1.807, 2.05) is 27.8 Å².